The molecule has 4 aromatic rings. The van der Waals surface area contributed by atoms with Crippen molar-refractivity contribution >= 4 is 16.8 Å². The molecule has 2 heterocycles. The van der Waals surface area contributed by atoms with Gasteiger partial charge < -0.3 is 24.1 Å². The van der Waals surface area contributed by atoms with E-state index in [4.69, 9.17) is 14.2 Å². The lowest BCUT2D eigenvalue weighted by Crippen LogP contribution is -2.32. The standard InChI is InChI=1S/C27H24N2O5/c1-32-22-9-7-19(8-10-22)27(31)29(16-18-5-3-2-4-6-18)17-21-13-20-14-24-25(34-12-11-33-24)15-23(20)28-26(21)30/h2-10,13-15H,11-12,16-17H2,1H3,(H,28,30). The van der Waals surface area contributed by atoms with Crippen molar-refractivity contribution in [1.82, 2.24) is 9.88 Å². The highest BCUT2D eigenvalue weighted by Gasteiger charge is 2.20. The first-order chi connectivity index (χ1) is 16.6. The number of carbonyl (C=O) groups is 1. The zero-order chi connectivity index (χ0) is 23.5. The van der Waals surface area contributed by atoms with Crippen molar-refractivity contribution < 1.29 is 19.0 Å². The molecule has 34 heavy (non-hydrogen) atoms. The number of ether oxygens (including phenoxy) is 3. The van der Waals surface area contributed by atoms with E-state index in [9.17, 15) is 9.59 Å². The van der Waals surface area contributed by atoms with E-state index in [2.05, 4.69) is 4.98 Å². The molecule has 0 saturated carbocycles. The molecule has 3 aromatic carbocycles. The SMILES string of the molecule is COc1ccc(C(=O)N(Cc2ccccc2)Cc2cc3cc4c(cc3[nH]c2=O)OCCO4)cc1. The third-order valence-electron chi connectivity index (χ3n) is 5.79. The van der Waals surface area contributed by atoms with Crippen molar-refractivity contribution in [2.75, 3.05) is 20.3 Å². The highest BCUT2D eigenvalue weighted by atomic mass is 16.6. The summed E-state index contributed by atoms with van der Waals surface area (Å²) >= 11 is 0. The number of methoxy groups -OCH3 is 1. The minimum atomic E-state index is -0.246. The summed E-state index contributed by atoms with van der Waals surface area (Å²) in [5.74, 6) is 1.76. The smallest absolute Gasteiger partial charge is 0.254 e. The van der Waals surface area contributed by atoms with Gasteiger partial charge in [-0.2, -0.15) is 0 Å². The molecule has 7 heteroatoms. The number of pyridine rings is 1. The largest absolute Gasteiger partial charge is 0.497 e. The normalized spacial score (nSPS) is 12.4. The molecule has 0 bridgehead atoms. The first kappa shape index (κ1) is 21.6. The van der Waals surface area contributed by atoms with Crippen LogP contribution in [0.5, 0.6) is 17.2 Å². The Morgan fingerprint density at radius 2 is 1.65 bits per heavy atom. The van der Waals surface area contributed by atoms with Gasteiger partial charge in [0.25, 0.3) is 11.5 Å². The third kappa shape index (κ3) is 4.45. The van der Waals surface area contributed by atoms with E-state index in [1.54, 1.807) is 42.3 Å². The number of hydrogen-bond donors (Lipinski definition) is 1. The number of nitrogens with zero attached hydrogens (tertiary/aromatic N) is 1. The number of rotatable bonds is 6. The maximum Gasteiger partial charge on any atom is 0.254 e. The predicted molar refractivity (Wildman–Crippen MR) is 129 cm³/mol. The molecule has 0 fully saturated rings. The Morgan fingerprint density at radius 3 is 2.35 bits per heavy atom. The van der Waals surface area contributed by atoms with Crippen LogP contribution in [0.25, 0.3) is 10.9 Å². The lowest BCUT2D eigenvalue weighted by atomic mass is 10.1. The van der Waals surface area contributed by atoms with Crippen molar-refractivity contribution in [3.63, 3.8) is 0 Å². The summed E-state index contributed by atoms with van der Waals surface area (Å²) < 4.78 is 16.5. The molecular weight excluding hydrogens is 432 g/mol. The number of benzene rings is 3. The Hall–Kier alpha value is -4.26. The summed E-state index contributed by atoms with van der Waals surface area (Å²) in [4.78, 5) is 31.0. The summed E-state index contributed by atoms with van der Waals surface area (Å²) in [6.45, 7) is 1.47. The quantitative estimate of drug-likeness (QED) is 0.472. The minimum Gasteiger partial charge on any atom is -0.497 e. The third-order valence-corrected chi connectivity index (χ3v) is 5.79. The number of carbonyl (C=O) groups excluding carboxylic acids is 1. The van der Waals surface area contributed by atoms with Gasteiger partial charge in [-0.3, -0.25) is 9.59 Å². The molecule has 0 unspecified atom stereocenters. The molecule has 0 atom stereocenters. The van der Waals surface area contributed by atoms with Gasteiger partial charge in [-0.05, 0) is 42.0 Å². The number of fused-ring (bicyclic) bond motifs is 2. The highest BCUT2D eigenvalue weighted by Crippen LogP contribution is 2.33. The number of aromatic amines is 1. The van der Waals surface area contributed by atoms with Gasteiger partial charge in [0.15, 0.2) is 11.5 Å². The van der Waals surface area contributed by atoms with E-state index in [1.807, 2.05) is 42.5 Å². The van der Waals surface area contributed by atoms with Crippen LogP contribution in [0.4, 0.5) is 0 Å². The van der Waals surface area contributed by atoms with Crippen LogP contribution >= 0.6 is 0 Å². The van der Waals surface area contributed by atoms with Gasteiger partial charge in [0, 0.05) is 29.1 Å². The minimum absolute atomic E-state index is 0.152. The van der Waals surface area contributed by atoms with Crippen molar-refractivity contribution in [2.45, 2.75) is 13.1 Å². The molecular formula is C27H24N2O5. The molecule has 1 N–H and O–H groups in total. The molecule has 1 aromatic heterocycles. The highest BCUT2D eigenvalue weighted by molar-refractivity contribution is 5.94. The fourth-order valence-corrected chi connectivity index (χ4v) is 4.03. The van der Waals surface area contributed by atoms with Crippen molar-refractivity contribution in [2.24, 2.45) is 0 Å². The van der Waals surface area contributed by atoms with Gasteiger partial charge in [-0.15, -0.1) is 0 Å². The van der Waals surface area contributed by atoms with Crippen LogP contribution in [-0.4, -0.2) is 36.1 Å². The van der Waals surface area contributed by atoms with Gasteiger partial charge in [0.1, 0.15) is 19.0 Å². The summed E-state index contributed by atoms with van der Waals surface area (Å²) in [7, 11) is 1.58. The summed E-state index contributed by atoms with van der Waals surface area (Å²) in [5.41, 5.74) is 2.40. The fourth-order valence-electron chi connectivity index (χ4n) is 4.03. The average Bonchev–Trinajstić information content (AvgIpc) is 2.88. The van der Waals surface area contributed by atoms with Crippen molar-refractivity contribution in [3.05, 3.63) is 99.8 Å². The van der Waals surface area contributed by atoms with Gasteiger partial charge in [0.05, 0.1) is 19.2 Å². The summed E-state index contributed by atoms with van der Waals surface area (Å²) in [6, 6.07) is 22.1. The Kier molecular flexibility index (Phi) is 5.91. The second kappa shape index (κ2) is 9.31. The van der Waals surface area contributed by atoms with Gasteiger partial charge in [-0.25, -0.2) is 0 Å². The van der Waals surface area contributed by atoms with E-state index in [1.165, 1.54) is 0 Å². The molecule has 1 amide bonds. The number of H-pyrrole nitrogens is 1. The summed E-state index contributed by atoms with van der Waals surface area (Å²) in [5, 5.41) is 0.815. The number of aromatic nitrogens is 1. The average molecular weight is 456 g/mol. The van der Waals surface area contributed by atoms with Crippen LogP contribution in [0.1, 0.15) is 21.5 Å². The molecule has 1 aliphatic rings. The first-order valence-corrected chi connectivity index (χ1v) is 11.0. The molecule has 5 rings (SSSR count). The van der Waals surface area contributed by atoms with Crippen LogP contribution < -0.4 is 19.8 Å². The first-order valence-electron chi connectivity index (χ1n) is 11.0. The van der Waals surface area contributed by atoms with E-state index in [-0.39, 0.29) is 18.0 Å². The number of nitrogens with one attached hydrogen (secondary N) is 1. The van der Waals surface area contributed by atoms with Gasteiger partial charge >= 0.3 is 0 Å². The fraction of sp³-hybridized carbons (Fsp3) is 0.185. The zero-order valence-electron chi connectivity index (χ0n) is 18.7. The molecule has 172 valence electrons. The van der Waals surface area contributed by atoms with Gasteiger partial charge in [0.2, 0.25) is 0 Å². The Bertz CT molecular complexity index is 1380. The van der Waals surface area contributed by atoms with E-state index >= 15 is 0 Å². The number of amides is 1. The monoisotopic (exact) mass is 456 g/mol. The van der Waals surface area contributed by atoms with Crippen LogP contribution in [-0.2, 0) is 13.1 Å². The predicted octanol–water partition coefficient (Wildman–Crippen LogP) is 4.15. The maximum absolute atomic E-state index is 13.5. The Morgan fingerprint density at radius 1 is 0.941 bits per heavy atom. The Balaban J connectivity index is 1.50. The van der Waals surface area contributed by atoms with Crippen molar-refractivity contribution in [3.8, 4) is 17.2 Å². The molecule has 7 nitrogen and oxygen atoms in total. The van der Waals surface area contributed by atoms with Crippen LogP contribution in [0, 0.1) is 0 Å². The van der Waals surface area contributed by atoms with Crippen LogP contribution in [0.2, 0.25) is 0 Å². The topological polar surface area (TPSA) is 80.9 Å². The second-order valence-electron chi connectivity index (χ2n) is 8.08. The second-order valence-corrected chi connectivity index (χ2v) is 8.08. The van der Waals surface area contributed by atoms with Crippen molar-refractivity contribution in [1.29, 1.82) is 0 Å². The molecule has 0 spiro atoms. The maximum atomic E-state index is 13.5. The van der Waals surface area contributed by atoms with E-state index in [0.717, 1.165) is 10.9 Å². The zero-order valence-corrected chi connectivity index (χ0v) is 18.7. The lowest BCUT2D eigenvalue weighted by Gasteiger charge is -2.23. The lowest BCUT2D eigenvalue weighted by molar-refractivity contribution is 0.0729. The van der Waals surface area contributed by atoms with Crippen LogP contribution in [0.3, 0.4) is 0 Å². The molecule has 0 saturated heterocycles. The number of hydrogen-bond acceptors (Lipinski definition) is 5. The van der Waals surface area contributed by atoms with E-state index < -0.39 is 0 Å². The Labute approximate surface area is 196 Å². The van der Waals surface area contributed by atoms with Crippen LogP contribution in [0.15, 0.2) is 77.6 Å². The molecule has 0 radical (unpaired) electrons. The molecule has 0 aliphatic carbocycles. The van der Waals surface area contributed by atoms with E-state index in [0.29, 0.717) is 53.7 Å². The molecule has 1 aliphatic heterocycles. The van der Waals surface area contributed by atoms with Gasteiger partial charge in [-0.1, -0.05) is 30.3 Å². The summed E-state index contributed by atoms with van der Waals surface area (Å²) in [6.07, 6.45) is 0.